The standard InChI is InChI=1S/C22H18FN3O2S/c1-3-15-11-19(27)26-21(24-15)13-5-4-6-16(9-13)25-22(28)20-12(2)17-10-14(23)7-8-18(17)29-20/h4-11H,3H2,1-2H3,(H,25,28)(H,24,26,27). The number of amides is 1. The van der Waals surface area contributed by atoms with E-state index in [4.69, 9.17) is 0 Å². The summed E-state index contributed by atoms with van der Waals surface area (Å²) in [6.07, 6.45) is 0.652. The summed E-state index contributed by atoms with van der Waals surface area (Å²) in [6, 6.07) is 13.1. The average molecular weight is 407 g/mol. The number of fused-ring (bicyclic) bond motifs is 1. The predicted molar refractivity (Wildman–Crippen MR) is 114 cm³/mol. The van der Waals surface area contributed by atoms with E-state index in [0.29, 0.717) is 34.1 Å². The fourth-order valence-corrected chi connectivity index (χ4v) is 4.25. The molecule has 0 saturated heterocycles. The Morgan fingerprint density at radius 2 is 2.03 bits per heavy atom. The molecule has 0 atom stereocenters. The molecule has 2 N–H and O–H groups in total. The number of hydrogen-bond donors (Lipinski definition) is 2. The number of H-pyrrole nitrogens is 1. The molecule has 0 unspecified atom stereocenters. The maximum atomic E-state index is 13.5. The van der Waals surface area contributed by atoms with Gasteiger partial charge in [0.25, 0.3) is 11.5 Å². The molecular formula is C22H18FN3O2S. The molecule has 0 aliphatic carbocycles. The number of rotatable bonds is 4. The third-order valence-electron chi connectivity index (χ3n) is 4.66. The van der Waals surface area contributed by atoms with Crippen molar-refractivity contribution in [3.8, 4) is 11.4 Å². The number of nitrogens with one attached hydrogen (secondary N) is 2. The van der Waals surface area contributed by atoms with E-state index >= 15 is 0 Å². The molecule has 5 nitrogen and oxygen atoms in total. The fraction of sp³-hybridized carbons (Fsp3) is 0.136. The Kier molecular flexibility index (Phi) is 4.98. The number of halogens is 1. The number of aromatic nitrogens is 2. The zero-order chi connectivity index (χ0) is 20.5. The lowest BCUT2D eigenvalue weighted by molar-refractivity contribution is 0.103. The maximum absolute atomic E-state index is 13.5. The summed E-state index contributed by atoms with van der Waals surface area (Å²) < 4.78 is 14.4. The molecule has 146 valence electrons. The third-order valence-corrected chi connectivity index (χ3v) is 5.93. The monoisotopic (exact) mass is 407 g/mol. The van der Waals surface area contributed by atoms with E-state index in [1.807, 2.05) is 19.9 Å². The number of anilines is 1. The van der Waals surface area contributed by atoms with Crippen molar-refractivity contribution in [1.29, 1.82) is 0 Å². The highest BCUT2D eigenvalue weighted by Crippen LogP contribution is 2.32. The Bertz CT molecular complexity index is 1290. The largest absolute Gasteiger partial charge is 0.321 e. The Morgan fingerprint density at radius 1 is 1.21 bits per heavy atom. The normalized spacial score (nSPS) is 11.0. The number of nitrogens with zero attached hydrogens (tertiary/aromatic N) is 1. The summed E-state index contributed by atoms with van der Waals surface area (Å²) in [7, 11) is 0. The molecule has 4 rings (SSSR count). The molecule has 0 radical (unpaired) electrons. The molecule has 0 aliphatic rings. The van der Waals surface area contributed by atoms with Crippen molar-refractivity contribution in [3.05, 3.63) is 80.8 Å². The topological polar surface area (TPSA) is 74.8 Å². The van der Waals surface area contributed by atoms with Crippen molar-refractivity contribution in [1.82, 2.24) is 9.97 Å². The van der Waals surface area contributed by atoms with Crippen LogP contribution in [0, 0.1) is 12.7 Å². The van der Waals surface area contributed by atoms with Gasteiger partial charge >= 0.3 is 0 Å². The molecule has 1 amide bonds. The van der Waals surface area contributed by atoms with Crippen LogP contribution >= 0.6 is 11.3 Å². The van der Waals surface area contributed by atoms with Gasteiger partial charge in [0.1, 0.15) is 11.6 Å². The van der Waals surface area contributed by atoms with E-state index in [0.717, 1.165) is 15.6 Å². The highest BCUT2D eigenvalue weighted by molar-refractivity contribution is 7.21. The van der Waals surface area contributed by atoms with Gasteiger partial charge in [-0.2, -0.15) is 0 Å². The molecule has 4 aromatic rings. The van der Waals surface area contributed by atoms with Crippen LogP contribution < -0.4 is 10.9 Å². The number of hydrogen-bond acceptors (Lipinski definition) is 4. The number of benzene rings is 2. The van der Waals surface area contributed by atoms with Crippen LogP contribution in [0.15, 0.2) is 53.3 Å². The van der Waals surface area contributed by atoms with Gasteiger partial charge in [-0.3, -0.25) is 9.59 Å². The van der Waals surface area contributed by atoms with Crippen molar-refractivity contribution >= 4 is 33.0 Å². The minimum absolute atomic E-state index is 0.213. The lowest BCUT2D eigenvalue weighted by Crippen LogP contribution is -2.12. The molecule has 2 heterocycles. The van der Waals surface area contributed by atoms with Gasteiger partial charge in [0.05, 0.1) is 4.88 Å². The zero-order valence-corrected chi connectivity index (χ0v) is 16.7. The summed E-state index contributed by atoms with van der Waals surface area (Å²) >= 11 is 1.33. The first kappa shape index (κ1) is 19.0. The van der Waals surface area contributed by atoms with E-state index in [2.05, 4.69) is 15.3 Å². The first-order valence-corrected chi connectivity index (χ1v) is 9.97. The molecule has 0 saturated carbocycles. The minimum Gasteiger partial charge on any atom is -0.321 e. The predicted octanol–water partition coefficient (Wildman–Crippen LogP) is 4.91. The van der Waals surface area contributed by atoms with Gasteiger partial charge in [-0.15, -0.1) is 11.3 Å². The van der Waals surface area contributed by atoms with Crippen LogP contribution in [0.2, 0.25) is 0 Å². The van der Waals surface area contributed by atoms with E-state index in [-0.39, 0.29) is 17.3 Å². The smallest absolute Gasteiger partial charge is 0.266 e. The van der Waals surface area contributed by atoms with Gasteiger partial charge in [0.2, 0.25) is 0 Å². The van der Waals surface area contributed by atoms with E-state index in [1.165, 1.54) is 29.5 Å². The minimum atomic E-state index is -0.325. The summed E-state index contributed by atoms with van der Waals surface area (Å²) in [5.74, 6) is -0.127. The number of carbonyl (C=O) groups excluding carboxylic acids is 1. The summed E-state index contributed by atoms with van der Waals surface area (Å²) in [4.78, 5) is 32.4. The second-order valence-electron chi connectivity index (χ2n) is 6.67. The number of thiophene rings is 1. The lowest BCUT2D eigenvalue weighted by Gasteiger charge is -2.08. The van der Waals surface area contributed by atoms with Crippen LogP contribution in [-0.2, 0) is 6.42 Å². The van der Waals surface area contributed by atoms with E-state index < -0.39 is 0 Å². The van der Waals surface area contributed by atoms with Crippen LogP contribution in [0.1, 0.15) is 27.9 Å². The maximum Gasteiger partial charge on any atom is 0.266 e. The van der Waals surface area contributed by atoms with Gasteiger partial charge in [-0.05, 0) is 54.6 Å². The number of aryl methyl sites for hydroxylation is 2. The van der Waals surface area contributed by atoms with Crippen molar-refractivity contribution in [3.63, 3.8) is 0 Å². The Hall–Kier alpha value is -3.32. The van der Waals surface area contributed by atoms with Crippen LogP contribution in [0.5, 0.6) is 0 Å². The SMILES string of the molecule is CCc1cc(=O)[nH]c(-c2cccc(NC(=O)c3sc4ccc(F)cc4c3C)c2)n1. The highest BCUT2D eigenvalue weighted by atomic mass is 32.1. The van der Waals surface area contributed by atoms with Crippen molar-refractivity contribution in [2.75, 3.05) is 5.32 Å². The van der Waals surface area contributed by atoms with E-state index in [9.17, 15) is 14.0 Å². The van der Waals surface area contributed by atoms with Gasteiger partial charge in [-0.1, -0.05) is 19.1 Å². The zero-order valence-electron chi connectivity index (χ0n) is 15.9. The second-order valence-corrected chi connectivity index (χ2v) is 7.72. The number of aromatic amines is 1. The highest BCUT2D eigenvalue weighted by Gasteiger charge is 2.16. The molecule has 0 bridgehead atoms. The average Bonchev–Trinajstić information content (AvgIpc) is 3.04. The summed E-state index contributed by atoms with van der Waals surface area (Å²) in [6.45, 7) is 3.75. The quantitative estimate of drug-likeness (QED) is 0.505. The fourth-order valence-electron chi connectivity index (χ4n) is 3.17. The molecule has 0 spiro atoms. The Morgan fingerprint density at radius 3 is 2.83 bits per heavy atom. The van der Waals surface area contributed by atoms with Gasteiger partial charge in [-0.25, -0.2) is 9.37 Å². The summed E-state index contributed by atoms with van der Waals surface area (Å²) in [5, 5.41) is 3.63. The van der Waals surface area contributed by atoms with Crippen LogP contribution in [0.25, 0.3) is 21.5 Å². The number of carbonyl (C=O) groups is 1. The lowest BCUT2D eigenvalue weighted by atomic mass is 10.1. The van der Waals surface area contributed by atoms with Crippen molar-refractivity contribution in [2.45, 2.75) is 20.3 Å². The van der Waals surface area contributed by atoms with Gasteiger partial charge < -0.3 is 10.3 Å². The Balaban J connectivity index is 1.65. The molecular weight excluding hydrogens is 389 g/mol. The van der Waals surface area contributed by atoms with Crippen LogP contribution in [-0.4, -0.2) is 15.9 Å². The first-order chi connectivity index (χ1) is 13.9. The molecule has 29 heavy (non-hydrogen) atoms. The molecule has 2 aromatic carbocycles. The van der Waals surface area contributed by atoms with Crippen LogP contribution in [0.3, 0.4) is 0 Å². The summed E-state index contributed by atoms with van der Waals surface area (Å²) in [5.41, 5.74) is 2.52. The third kappa shape index (κ3) is 3.82. The Labute approximate surface area is 170 Å². The molecule has 0 fully saturated rings. The van der Waals surface area contributed by atoms with Gasteiger partial charge in [0.15, 0.2) is 0 Å². The second kappa shape index (κ2) is 7.60. The molecule has 7 heteroatoms. The van der Waals surface area contributed by atoms with Crippen molar-refractivity contribution in [2.24, 2.45) is 0 Å². The van der Waals surface area contributed by atoms with E-state index in [1.54, 1.807) is 24.3 Å². The van der Waals surface area contributed by atoms with Gasteiger partial charge in [0, 0.05) is 27.7 Å². The molecule has 2 aromatic heterocycles. The van der Waals surface area contributed by atoms with Crippen LogP contribution in [0.4, 0.5) is 10.1 Å². The van der Waals surface area contributed by atoms with Crippen molar-refractivity contribution < 1.29 is 9.18 Å². The molecule has 0 aliphatic heterocycles. The first-order valence-electron chi connectivity index (χ1n) is 9.15.